The van der Waals surface area contributed by atoms with Gasteiger partial charge in [-0.2, -0.15) is 4.31 Å². The first-order valence-electron chi connectivity index (χ1n) is 7.99. The van der Waals surface area contributed by atoms with Gasteiger partial charge in [-0.05, 0) is 31.2 Å². The maximum Gasteiger partial charge on any atom is 0.243 e. The zero-order valence-corrected chi connectivity index (χ0v) is 14.7. The standard InChI is InChI=1S/C18H22N2O3S/c1-14-6-8-16(9-7-14)24(21,22)20-11-15(13-23-2)17(12-20)18-5-3-4-10-19-18/h3-10,15,17H,11-13H2,1-2H3/t15-,17+/m0/s1. The molecule has 0 spiro atoms. The van der Waals surface area contributed by atoms with E-state index in [9.17, 15) is 8.42 Å². The third-order valence-electron chi connectivity index (χ3n) is 4.51. The Kier molecular flexibility index (Phi) is 4.99. The number of ether oxygens (including phenoxy) is 1. The summed E-state index contributed by atoms with van der Waals surface area (Å²) in [7, 11) is -1.85. The number of pyridine rings is 1. The minimum Gasteiger partial charge on any atom is -0.384 e. The van der Waals surface area contributed by atoms with Crippen LogP contribution in [0.5, 0.6) is 0 Å². The van der Waals surface area contributed by atoms with Crippen molar-refractivity contribution in [2.45, 2.75) is 17.7 Å². The second-order valence-electron chi connectivity index (χ2n) is 6.21. The molecule has 6 heteroatoms. The number of aryl methyl sites for hydroxylation is 1. The van der Waals surface area contributed by atoms with Gasteiger partial charge in [0.1, 0.15) is 0 Å². The van der Waals surface area contributed by atoms with Crippen LogP contribution in [0.4, 0.5) is 0 Å². The van der Waals surface area contributed by atoms with Gasteiger partial charge in [0.25, 0.3) is 0 Å². The zero-order valence-electron chi connectivity index (χ0n) is 13.9. The van der Waals surface area contributed by atoms with Crippen LogP contribution in [0.1, 0.15) is 17.2 Å². The Morgan fingerprint density at radius 3 is 2.54 bits per heavy atom. The molecule has 1 fully saturated rings. The molecule has 2 aromatic rings. The first-order valence-corrected chi connectivity index (χ1v) is 9.43. The van der Waals surface area contributed by atoms with Crippen LogP contribution in [0.2, 0.25) is 0 Å². The van der Waals surface area contributed by atoms with Gasteiger partial charge in [-0.3, -0.25) is 4.98 Å². The van der Waals surface area contributed by atoms with E-state index in [2.05, 4.69) is 4.98 Å². The number of nitrogens with zero attached hydrogens (tertiary/aromatic N) is 2. The Labute approximate surface area is 143 Å². The molecule has 0 bridgehead atoms. The first-order chi connectivity index (χ1) is 11.5. The van der Waals surface area contributed by atoms with Crippen molar-refractivity contribution in [1.29, 1.82) is 0 Å². The molecule has 1 aliphatic heterocycles. The van der Waals surface area contributed by atoms with Crippen molar-refractivity contribution in [3.63, 3.8) is 0 Å². The monoisotopic (exact) mass is 346 g/mol. The Hall–Kier alpha value is -1.76. The van der Waals surface area contributed by atoms with Gasteiger partial charge in [0.15, 0.2) is 0 Å². The highest BCUT2D eigenvalue weighted by Gasteiger charge is 2.40. The highest BCUT2D eigenvalue weighted by atomic mass is 32.2. The molecule has 0 unspecified atom stereocenters. The second-order valence-corrected chi connectivity index (χ2v) is 8.15. The van der Waals surface area contributed by atoms with Crippen LogP contribution >= 0.6 is 0 Å². The van der Waals surface area contributed by atoms with E-state index in [0.29, 0.717) is 24.6 Å². The van der Waals surface area contributed by atoms with E-state index in [1.807, 2.05) is 37.3 Å². The summed E-state index contributed by atoms with van der Waals surface area (Å²) in [5.74, 6) is 0.150. The molecule has 0 radical (unpaired) electrons. The van der Waals surface area contributed by atoms with Gasteiger partial charge in [-0.15, -0.1) is 0 Å². The SMILES string of the molecule is COC[C@@H]1CN(S(=O)(=O)c2ccc(C)cc2)C[C@H]1c1ccccn1. The smallest absolute Gasteiger partial charge is 0.243 e. The molecule has 0 amide bonds. The summed E-state index contributed by atoms with van der Waals surface area (Å²) in [5.41, 5.74) is 1.96. The number of benzene rings is 1. The normalized spacial score (nSPS) is 21.9. The van der Waals surface area contributed by atoms with Gasteiger partial charge in [-0.1, -0.05) is 23.8 Å². The Morgan fingerprint density at radius 1 is 1.17 bits per heavy atom. The number of hydrogen-bond donors (Lipinski definition) is 0. The molecule has 1 aliphatic rings. The number of hydrogen-bond acceptors (Lipinski definition) is 4. The maximum absolute atomic E-state index is 12.9. The molecule has 1 aromatic heterocycles. The van der Waals surface area contributed by atoms with Crippen LogP contribution < -0.4 is 0 Å². The van der Waals surface area contributed by atoms with Crippen molar-refractivity contribution in [3.8, 4) is 0 Å². The third-order valence-corrected chi connectivity index (χ3v) is 6.36. The fourth-order valence-corrected chi connectivity index (χ4v) is 4.72. The van der Waals surface area contributed by atoms with Crippen molar-refractivity contribution < 1.29 is 13.2 Å². The Balaban J connectivity index is 1.88. The largest absolute Gasteiger partial charge is 0.384 e. The van der Waals surface area contributed by atoms with E-state index >= 15 is 0 Å². The predicted molar refractivity (Wildman–Crippen MR) is 92.3 cm³/mol. The lowest BCUT2D eigenvalue weighted by atomic mass is 9.93. The average molecular weight is 346 g/mol. The van der Waals surface area contributed by atoms with E-state index in [1.54, 1.807) is 29.7 Å². The molecule has 2 heterocycles. The molecule has 1 saturated heterocycles. The molecule has 128 valence electrons. The molecule has 0 N–H and O–H groups in total. The molecule has 2 atom stereocenters. The molecule has 0 aliphatic carbocycles. The van der Waals surface area contributed by atoms with Gasteiger partial charge >= 0.3 is 0 Å². The number of aromatic nitrogens is 1. The van der Waals surface area contributed by atoms with Crippen LogP contribution in [0.3, 0.4) is 0 Å². The fraction of sp³-hybridized carbons (Fsp3) is 0.389. The van der Waals surface area contributed by atoms with Gasteiger partial charge in [-0.25, -0.2) is 8.42 Å². The van der Waals surface area contributed by atoms with Crippen LogP contribution in [0.25, 0.3) is 0 Å². The Morgan fingerprint density at radius 2 is 1.92 bits per heavy atom. The average Bonchev–Trinajstić information content (AvgIpc) is 3.01. The molecular weight excluding hydrogens is 324 g/mol. The molecule has 3 rings (SSSR count). The lowest BCUT2D eigenvalue weighted by Crippen LogP contribution is -2.29. The van der Waals surface area contributed by atoms with Crippen LogP contribution in [0.15, 0.2) is 53.6 Å². The summed E-state index contributed by atoms with van der Waals surface area (Å²) in [5, 5.41) is 0. The number of rotatable bonds is 5. The van der Waals surface area contributed by atoms with Gasteiger partial charge in [0, 0.05) is 43.9 Å². The molecule has 0 saturated carbocycles. The summed E-state index contributed by atoms with van der Waals surface area (Å²) >= 11 is 0. The minimum absolute atomic E-state index is 0.0476. The predicted octanol–water partition coefficient (Wildman–Crippen LogP) is 2.44. The quantitative estimate of drug-likeness (QED) is 0.834. The molecule has 5 nitrogen and oxygen atoms in total. The van der Waals surface area contributed by atoms with Gasteiger partial charge in [0.2, 0.25) is 10.0 Å². The lowest BCUT2D eigenvalue weighted by molar-refractivity contribution is 0.150. The number of sulfonamides is 1. The summed E-state index contributed by atoms with van der Waals surface area (Å²) in [6.07, 6.45) is 1.75. The minimum atomic E-state index is -3.50. The van der Waals surface area contributed by atoms with E-state index in [-0.39, 0.29) is 11.8 Å². The lowest BCUT2D eigenvalue weighted by Gasteiger charge is -2.16. The molecule has 24 heavy (non-hydrogen) atoms. The number of methoxy groups -OCH3 is 1. The van der Waals surface area contributed by atoms with Crippen molar-refractivity contribution in [1.82, 2.24) is 9.29 Å². The summed E-state index contributed by atoms with van der Waals surface area (Å²) in [6.45, 7) is 3.34. The summed E-state index contributed by atoms with van der Waals surface area (Å²) in [4.78, 5) is 4.76. The van der Waals surface area contributed by atoms with E-state index in [0.717, 1.165) is 11.3 Å². The first kappa shape index (κ1) is 17.1. The highest BCUT2D eigenvalue weighted by Crippen LogP contribution is 2.35. The third kappa shape index (κ3) is 3.36. The maximum atomic E-state index is 12.9. The van der Waals surface area contributed by atoms with E-state index in [1.165, 1.54) is 0 Å². The van der Waals surface area contributed by atoms with Crippen molar-refractivity contribution in [2.24, 2.45) is 5.92 Å². The summed E-state index contributed by atoms with van der Waals surface area (Å²) < 4.78 is 32.7. The van der Waals surface area contributed by atoms with Gasteiger partial charge in [0.05, 0.1) is 11.5 Å². The van der Waals surface area contributed by atoms with Crippen molar-refractivity contribution in [2.75, 3.05) is 26.8 Å². The summed E-state index contributed by atoms with van der Waals surface area (Å²) in [6, 6.07) is 12.7. The zero-order chi connectivity index (χ0) is 17.2. The van der Waals surface area contributed by atoms with Crippen LogP contribution in [-0.2, 0) is 14.8 Å². The van der Waals surface area contributed by atoms with Crippen molar-refractivity contribution >= 4 is 10.0 Å². The van der Waals surface area contributed by atoms with Crippen LogP contribution in [-0.4, -0.2) is 44.5 Å². The molecule has 1 aromatic carbocycles. The second kappa shape index (κ2) is 7.01. The Bertz CT molecular complexity index is 776. The molecular formula is C18H22N2O3S. The fourth-order valence-electron chi connectivity index (χ4n) is 3.20. The van der Waals surface area contributed by atoms with E-state index < -0.39 is 10.0 Å². The van der Waals surface area contributed by atoms with Crippen LogP contribution in [0, 0.1) is 12.8 Å². The van der Waals surface area contributed by atoms with Gasteiger partial charge < -0.3 is 4.74 Å². The van der Waals surface area contributed by atoms with E-state index in [4.69, 9.17) is 4.74 Å². The topological polar surface area (TPSA) is 59.5 Å². The van der Waals surface area contributed by atoms with Crippen molar-refractivity contribution in [3.05, 3.63) is 59.9 Å². The highest BCUT2D eigenvalue weighted by molar-refractivity contribution is 7.89.